The number of carbonyl (C=O) groups is 1. The second kappa shape index (κ2) is 7.06. The summed E-state index contributed by atoms with van der Waals surface area (Å²) in [5.41, 5.74) is 3.45. The van der Waals surface area contributed by atoms with Crippen LogP contribution in [0.25, 0.3) is 17.0 Å². The van der Waals surface area contributed by atoms with Gasteiger partial charge in [0.25, 0.3) is 0 Å². The van der Waals surface area contributed by atoms with Gasteiger partial charge in [-0.15, -0.1) is 0 Å². The number of benzene rings is 2. The van der Waals surface area contributed by atoms with Gasteiger partial charge in [0.2, 0.25) is 5.78 Å². The van der Waals surface area contributed by atoms with Crippen LogP contribution in [0.1, 0.15) is 28.4 Å². The highest BCUT2D eigenvalue weighted by atomic mass is 16.5. The second-order valence-electron chi connectivity index (χ2n) is 5.67. The summed E-state index contributed by atoms with van der Waals surface area (Å²) in [5.74, 6) is 0.392. The van der Waals surface area contributed by atoms with Gasteiger partial charge in [-0.25, -0.2) is 0 Å². The van der Waals surface area contributed by atoms with E-state index in [1.54, 1.807) is 25.4 Å². The fraction of sp³-hybridized carbons (Fsp3) is 0.143. The fourth-order valence-corrected chi connectivity index (χ4v) is 2.89. The Balaban J connectivity index is 2.04. The number of hydrogen-bond donors (Lipinski definition) is 1. The number of methoxy groups -OCH3 is 1. The Hall–Kier alpha value is -3.32. The SMILES string of the molecule is CCc1cccc2c(C(=O)/C(C#N)=C/c3cccc(OC)c3)c[nH]c12. The normalized spacial score (nSPS) is 11.3. The average Bonchev–Trinajstić information content (AvgIpc) is 3.09. The van der Waals surface area contributed by atoms with E-state index in [4.69, 9.17) is 4.74 Å². The molecule has 4 heteroatoms. The van der Waals surface area contributed by atoms with Crippen LogP contribution in [0.4, 0.5) is 0 Å². The molecule has 0 atom stereocenters. The lowest BCUT2D eigenvalue weighted by atomic mass is 10.00. The van der Waals surface area contributed by atoms with Gasteiger partial charge in [-0.05, 0) is 35.8 Å². The third-order valence-electron chi connectivity index (χ3n) is 4.20. The first-order chi connectivity index (χ1) is 12.2. The van der Waals surface area contributed by atoms with Gasteiger partial charge in [0.15, 0.2) is 0 Å². The first-order valence-corrected chi connectivity index (χ1v) is 8.07. The number of hydrogen-bond acceptors (Lipinski definition) is 3. The van der Waals surface area contributed by atoms with Crippen molar-refractivity contribution in [2.75, 3.05) is 7.11 Å². The van der Waals surface area contributed by atoms with Crippen molar-refractivity contribution >= 4 is 22.8 Å². The Labute approximate surface area is 146 Å². The van der Waals surface area contributed by atoms with Gasteiger partial charge in [-0.3, -0.25) is 4.79 Å². The smallest absolute Gasteiger partial charge is 0.205 e. The van der Waals surface area contributed by atoms with Crippen LogP contribution in [0.15, 0.2) is 54.2 Å². The number of H-pyrrole nitrogens is 1. The Kier molecular flexibility index (Phi) is 4.67. The molecule has 0 aliphatic carbocycles. The molecule has 0 saturated heterocycles. The molecule has 4 nitrogen and oxygen atoms in total. The van der Waals surface area contributed by atoms with Crippen molar-refractivity contribution in [3.63, 3.8) is 0 Å². The molecule has 1 aromatic heterocycles. The highest BCUT2D eigenvalue weighted by Gasteiger charge is 2.17. The van der Waals surface area contributed by atoms with Crippen LogP contribution in [0.5, 0.6) is 5.75 Å². The van der Waals surface area contributed by atoms with E-state index >= 15 is 0 Å². The number of aromatic amines is 1. The van der Waals surface area contributed by atoms with Gasteiger partial charge in [0.05, 0.1) is 7.11 Å². The predicted octanol–water partition coefficient (Wildman–Crippen LogP) is 4.53. The number of Topliss-reactive ketones (excluding diaryl/α,β-unsaturated/α-hetero) is 1. The number of nitrogens with zero attached hydrogens (tertiary/aromatic N) is 1. The Bertz CT molecular complexity index is 1010. The maximum Gasteiger partial charge on any atom is 0.205 e. The highest BCUT2D eigenvalue weighted by molar-refractivity contribution is 6.20. The summed E-state index contributed by atoms with van der Waals surface area (Å²) in [6.07, 6.45) is 4.15. The standard InChI is InChI=1S/C21H18N2O2/c1-3-15-7-5-9-18-19(13-23-20(15)18)21(24)16(12-22)10-14-6-4-8-17(11-14)25-2/h4-11,13,23H,3H2,1-2H3/b16-10+. The molecule has 3 aromatic rings. The van der Waals surface area contributed by atoms with E-state index in [1.807, 2.05) is 42.5 Å². The lowest BCUT2D eigenvalue weighted by Gasteiger charge is -2.02. The van der Waals surface area contributed by atoms with Crippen molar-refractivity contribution in [1.82, 2.24) is 4.98 Å². The zero-order valence-electron chi connectivity index (χ0n) is 14.2. The summed E-state index contributed by atoms with van der Waals surface area (Å²) >= 11 is 0. The topological polar surface area (TPSA) is 65.9 Å². The minimum Gasteiger partial charge on any atom is -0.497 e. The highest BCUT2D eigenvalue weighted by Crippen LogP contribution is 2.25. The minimum absolute atomic E-state index is 0.0936. The van der Waals surface area contributed by atoms with Crippen molar-refractivity contribution in [3.8, 4) is 11.8 Å². The molecule has 0 amide bonds. The minimum atomic E-state index is -0.287. The van der Waals surface area contributed by atoms with Gasteiger partial charge in [0.1, 0.15) is 17.4 Å². The summed E-state index contributed by atoms with van der Waals surface area (Å²) < 4.78 is 5.18. The van der Waals surface area contributed by atoms with Crippen LogP contribution < -0.4 is 4.74 Å². The quantitative estimate of drug-likeness (QED) is 0.424. The van der Waals surface area contributed by atoms with E-state index in [-0.39, 0.29) is 11.4 Å². The maximum absolute atomic E-state index is 12.9. The molecule has 0 radical (unpaired) electrons. The summed E-state index contributed by atoms with van der Waals surface area (Å²) in [6, 6.07) is 15.2. The van der Waals surface area contributed by atoms with Gasteiger partial charge < -0.3 is 9.72 Å². The molecule has 0 bridgehead atoms. The molecule has 3 rings (SSSR count). The van der Waals surface area contributed by atoms with Gasteiger partial charge in [-0.2, -0.15) is 5.26 Å². The van der Waals surface area contributed by atoms with Crippen LogP contribution in [0.2, 0.25) is 0 Å². The van der Waals surface area contributed by atoms with Crippen molar-refractivity contribution in [3.05, 3.63) is 70.9 Å². The molecule has 2 aromatic carbocycles. The Morgan fingerprint density at radius 1 is 1.28 bits per heavy atom. The van der Waals surface area contributed by atoms with Crippen LogP contribution in [0, 0.1) is 11.3 Å². The molecule has 25 heavy (non-hydrogen) atoms. The summed E-state index contributed by atoms with van der Waals surface area (Å²) in [4.78, 5) is 16.0. The molecule has 0 aliphatic rings. The number of fused-ring (bicyclic) bond motifs is 1. The van der Waals surface area contributed by atoms with E-state index in [1.165, 1.54) is 0 Å². The zero-order valence-corrected chi connectivity index (χ0v) is 14.2. The van der Waals surface area contributed by atoms with Crippen LogP contribution >= 0.6 is 0 Å². The molecular formula is C21H18N2O2. The molecule has 1 heterocycles. The number of aromatic nitrogens is 1. The molecule has 0 saturated carbocycles. The number of ether oxygens (including phenoxy) is 1. The number of nitrogens with one attached hydrogen (secondary N) is 1. The van der Waals surface area contributed by atoms with Crippen molar-refractivity contribution in [2.24, 2.45) is 0 Å². The van der Waals surface area contributed by atoms with Crippen molar-refractivity contribution < 1.29 is 9.53 Å². The lowest BCUT2D eigenvalue weighted by molar-refractivity contribution is 0.104. The number of aryl methyl sites for hydroxylation is 1. The van der Waals surface area contributed by atoms with Crippen LogP contribution in [-0.4, -0.2) is 17.9 Å². The largest absolute Gasteiger partial charge is 0.497 e. The van der Waals surface area contributed by atoms with E-state index in [9.17, 15) is 10.1 Å². The van der Waals surface area contributed by atoms with E-state index in [0.29, 0.717) is 11.3 Å². The van der Waals surface area contributed by atoms with Gasteiger partial charge in [0, 0.05) is 22.7 Å². The molecule has 0 spiro atoms. The number of ketones is 1. The van der Waals surface area contributed by atoms with Crippen molar-refractivity contribution in [2.45, 2.75) is 13.3 Å². The number of rotatable bonds is 5. The number of allylic oxidation sites excluding steroid dienone is 1. The molecule has 0 fully saturated rings. The van der Waals surface area contributed by atoms with Gasteiger partial charge in [-0.1, -0.05) is 37.3 Å². The fourth-order valence-electron chi connectivity index (χ4n) is 2.89. The lowest BCUT2D eigenvalue weighted by Crippen LogP contribution is -2.01. The Morgan fingerprint density at radius 2 is 2.08 bits per heavy atom. The molecular weight excluding hydrogens is 312 g/mol. The first-order valence-electron chi connectivity index (χ1n) is 8.07. The molecule has 1 N–H and O–H groups in total. The number of nitriles is 1. The molecule has 0 unspecified atom stereocenters. The zero-order chi connectivity index (χ0) is 17.8. The van der Waals surface area contributed by atoms with E-state index in [0.717, 1.165) is 28.5 Å². The summed E-state index contributed by atoms with van der Waals surface area (Å²) in [7, 11) is 1.58. The summed E-state index contributed by atoms with van der Waals surface area (Å²) in [5, 5.41) is 10.3. The van der Waals surface area contributed by atoms with Crippen molar-refractivity contribution in [1.29, 1.82) is 5.26 Å². The predicted molar refractivity (Wildman–Crippen MR) is 98.6 cm³/mol. The third kappa shape index (κ3) is 3.17. The molecule has 124 valence electrons. The Morgan fingerprint density at radius 3 is 2.80 bits per heavy atom. The van der Waals surface area contributed by atoms with Gasteiger partial charge >= 0.3 is 0 Å². The second-order valence-corrected chi connectivity index (χ2v) is 5.67. The monoisotopic (exact) mass is 330 g/mol. The van der Waals surface area contributed by atoms with E-state index < -0.39 is 0 Å². The maximum atomic E-state index is 12.9. The van der Waals surface area contributed by atoms with Crippen LogP contribution in [0.3, 0.4) is 0 Å². The number of para-hydroxylation sites is 1. The average molecular weight is 330 g/mol. The number of carbonyl (C=O) groups excluding carboxylic acids is 1. The van der Waals surface area contributed by atoms with Crippen LogP contribution in [-0.2, 0) is 6.42 Å². The first kappa shape index (κ1) is 16.5. The summed E-state index contributed by atoms with van der Waals surface area (Å²) in [6.45, 7) is 2.07. The van der Waals surface area contributed by atoms with E-state index in [2.05, 4.69) is 11.9 Å². The molecule has 0 aliphatic heterocycles. The third-order valence-corrected chi connectivity index (χ3v) is 4.20.